The molecule has 0 radical (unpaired) electrons. The van der Waals surface area contributed by atoms with E-state index in [0.717, 1.165) is 17.0 Å². The van der Waals surface area contributed by atoms with Crippen LogP contribution in [-0.2, 0) is 14.3 Å². The van der Waals surface area contributed by atoms with Crippen molar-refractivity contribution in [1.29, 1.82) is 0 Å². The van der Waals surface area contributed by atoms with Crippen molar-refractivity contribution in [1.82, 2.24) is 4.98 Å². The summed E-state index contributed by atoms with van der Waals surface area (Å²) in [6.07, 6.45) is 0. The lowest BCUT2D eigenvalue weighted by Crippen LogP contribution is -2.25. The highest BCUT2D eigenvalue weighted by molar-refractivity contribution is 7.07. The standard InChI is InChI=1S/C10H9NOS.C4H7NO3/c1-12-10-5-3-2-4-8(10)9-6-13-7-11-9;1-2-8-4(7)3(5)6/h2-7H,1H3;2H2,1H3,(H2,5,6). The Morgan fingerprint density at radius 1 is 1.33 bits per heavy atom. The van der Waals surface area contributed by atoms with Gasteiger partial charge in [0, 0.05) is 10.9 Å². The number of carbonyl (C=O) groups excluding carboxylic acids is 2. The van der Waals surface area contributed by atoms with Crippen molar-refractivity contribution in [3.05, 3.63) is 35.2 Å². The number of amides is 1. The summed E-state index contributed by atoms with van der Waals surface area (Å²) in [7, 11) is 1.67. The molecule has 2 N–H and O–H groups in total. The predicted octanol–water partition coefficient (Wildman–Crippen LogP) is 1.85. The number of rotatable bonds is 3. The van der Waals surface area contributed by atoms with Gasteiger partial charge in [-0.25, -0.2) is 9.78 Å². The van der Waals surface area contributed by atoms with Crippen molar-refractivity contribution < 1.29 is 19.1 Å². The predicted molar refractivity (Wildman–Crippen MR) is 79.9 cm³/mol. The van der Waals surface area contributed by atoms with Gasteiger partial charge in [0.1, 0.15) is 5.75 Å². The fourth-order valence-corrected chi connectivity index (χ4v) is 1.96. The third kappa shape index (κ3) is 5.23. The van der Waals surface area contributed by atoms with Crippen molar-refractivity contribution in [2.45, 2.75) is 6.92 Å². The van der Waals surface area contributed by atoms with Gasteiger partial charge in [0.25, 0.3) is 0 Å². The average Bonchev–Trinajstić information content (AvgIpc) is 3.02. The van der Waals surface area contributed by atoms with Crippen molar-refractivity contribution in [2.24, 2.45) is 5.73 Å². The second kappa shape index (κ2) is 8.70. The molecule has 0 unspecified atom stereocenters. The first-order valence-electron chi connectivity index (χ1n) is 6.08. The molecule has 0 aliphatic rings. The Balaban J connectivity index is 0.000000240. The summed E-state index contributed by atoms with van der Waals surface area (Å²) in [4.78, 5) is 24.1. The molecule has 21 heavy (non-hydrogen) atoms. The van der Waals surface area contributed by atoms with Crippen LogP contribution in [0, 0.1) is 0 Å². The van der Waals surface area contributed by atoms with E-state index in [1.165, 1.54) is 0 Å². The minimum Gasteiger partial charge on any atom is -0.496 e. The summed E-state index contributed by atoms with van der Waals surface area (Å²) in [5, 5.41) is 2.01. The smallest absolute Gasteiger partial charge is 0.396 e. The van der Waals surface area contributed by atoms with E-state index >= 15 is 0 Å². The molecule has 1 aromatic heterocycles. The van der Waals surface area contributed by atoms with E-state index in [0.29, 0.717) is 0 Å². The highest BCUT2D eigenvalue weighted by atomic mass is 32.1. The van der Waals surface area contributed by atoms with Crippen LogP contribution in [-0.4, -0.2) is 30.6 Å². The Morgan fingerprint density at radius 2 is 2.05 bits per heavy atom. The van der Waals surface area contributed by atoms with Crippen molar-refractivity contribution >= 4 is 23.2 Å². The average molecular weight is 308 g/mol. The molecule has 0 bridgehead atoms. The fourth-order valence-electron chi connectivity index (χ4n) is 1.40. The van der Waals surface area contributed by atoms with Crippen LogP contribution >= 0.6 is 11.3 Å². The highest BCUT2D eigenvalue weighted by Crippen LogP contribution is 2.28. The number of ether oxygens (including phenoxy) is 2. The monoisotopic (exact) mass is 308 g/mol. The van der Waals surface area contributed by atoms with E-state index in [1.54, 1.807) is 25.4 Å². The summed E-state index contributed by atoms with van der Waals surface area (Å²) in [5.74, 6) is -1.16. The molecular weight excluding hydrogens is 292 g/mol. The first kappa shape index (κ1) is 16.6. The number of esters is 1. The molecule has 2 rings (SSSR count). The Morgan fingerprint density at radius 3 is 2.52 bits per heavy atom. The summed E-state index contributed by atoms with van der Waals surface area (Å²) in [6.45, 7) is 1.78. The zero-order chi connectivity index (χ0) is 15.7. The molecule has 1 aromatic carbocycles. The van der Waals surface area contributed by atoms with Crippen LogP contribution in [0.2, 0.25) is 0 Å². The van der Waals surface area contributed by atoms with E-state index < -0.39 is 11.9 Å². The van der Waals surface area contributed by atoms with Crippen LogP contribution in [0.3, 0.4) is 0 Å². The topological polar surface area (TPSA) is 91.5 Å². The third-order valence-corrected chi connectivity index (χ3v) is 2.88. The number of hydrogen-bond acceptors (Lipinski definition) is 6. The summed E-state index contributed by atoms with van der Waals surface area (Å²) >= 11 is 1.59. The number of hydrogen-bond donors (Lipinski definition) is 1. The molecule has 0 fully saturated rings. The first-order valence-corrected chi connectivity index (χ1v) is 7.02. The SMILES string of the molecule is CCOC(=O)C(N)=O.COc1ccccc1-c1cscn1. The van der Waals surface area contributed by atoms with E-state index in [9.17, 15) is 9.59 Å². The molecular formula is C14H16N2O4S. The Hall–Kier alpha value is -2.41. The summed E-state index contributed by atoms with van der Waals surface area (Å²) in [5.41, 5.74) is 8.35. The van der Waals surface area contributed by atoms with Crippen LogP contribution in [0.15, 0.2) is 35.2 Å². The number of thiazole rings is 1. The molecule has 7 heteroatoms. The van der Waals surface area contributed by atoms with E-state index in [4.69, 9.17) is 4.74 Å². The minimum atomic E-state index is -1.05. The quantitative estimate of drug-likeness (QED) is 0.690. The Kier molecular flexibility index (Phi) is 6.90. The maximum atomic E-state index is 10.0. The Bertz CT molecular complexity index is 584. The molecule has 2 aromatic rings. The van der Waals surface area contributed by atoms with Gasteiger partial charge in [-0.1, -0.05) is 12.1 Å². The van der Waals surface area contributed by atoms with E-state index in [1.807, 2.05) is 35.2 Å². The molecule has 0 spiro atoms. The first-order chi connectivity index (χ1) is 10.1. The van der Waals surface area contributed by atoms with Gasteiger partial charge >= 0.3 is 11.9 Å². The Labute approximate surface area is 126 Å². The number of nitrogens with zero attached hydrogens (tertiary/aromatic N) is 1. The number of primary amides is 1. The molecule has 0 saturated heterocycles. The number of methoxy groups -OCH3 is 1. The second-order valence-electron chi connectivity index (χ2n) is 3.66. The van der Waals surface area contributed by atoms with E-state index in [-0.39, 0.29) is 6.61 Å². The van der Waals surface area contributed by atoms with Gasteiger partial charge in [-0.05, 0) is 19.1 Å². The molecule has 6 nitrogen and oxygen atoms in total. The van der Waals surface area contributed by atoms with Gasteiger partial charge in [0.15, 0.2) is 0 Å². The van der Waals surface area contributed by atoms with Gasteiger partial charge in [0.2, 0.25) is 0 Å². The van der Waals surface area contributed by atoms with Crippen LogP contribution in [0.4, 0.5) is 0 Å². The van der Waals surface area contributed by atoms with Crippen molar-refractivity contribution in [3.8, 4) is 17.0 Å². The minimum absolute atomic E-state index is 0.182. The largest absolute Gasteiger partial charge is 0.496 e. The fraction of sp³-hybridized carbons (Fsp3) is 0.214. The molecule has 1 heterocycles. The normalized spacial score (nSPS) is 9.24. The van der Waals surface area contributed by atoms with Gasteiger partial charge in [0.05, 0.1) is 24.9 Å². The van der Waals surface area contributed by atoms with Gasteiger partial charge in [-0.3, -0.25) is 4.79 Å². The number of nitrogens with two attached hydrogens (primary N) is 1. The van der Waals surface area contributed by atoms with Crippen LogP contribution in [0.25, 0.3) is 11.3 Å². The maximum absolute atomic E-state index is 10.0. The summed E-state index contributed by atoms with van der Waals surface area (Å²) < 4.78 is 9.42. The lowest BCUT2D eigenvalue weighted by molar-refractivity contribution is -0.153. The third-order valence-electron chi connectivity index (χ3n) is 2.29. The van der Waals surface area contributed by atoms with Gasteiger partial charge in [-0.15, -0.1) is 11.3 Å². The molecule has 0 aliphatic carbocycles. The second-order valence-corrected chi connectivity index (χ2v) is 4.38. The number of carbonyl (C=O) groups is 2. The lowest BCUT2D eigenvalue weighted by Gasteiger charge is -2.04. The van der Waals surface area contributed by atoms with Crippen LogP contribution in [0.1, 0.15) is 6.92 Å². The summed E-state index contributed by atoms with van der Waals surface area (Å²) in [6, 6.07) is 7.88. The van der Waals surface area contributed by atoms with Crippen LogP contribution < -0.4 is 10.5 Å². The zero-order valence-electron chi connectivity index (χ0n) is 11.7. The van der Waals surface area contributed by atoms with Crippen molar-refractivity contribution in [3.63, 3.8) is 0 Å². The zero-order valence-corrected chi connectivity index (χ0v) is 12.6. The molecule has 112 valence electrons. The molecule has 1 amide bonds. The number of para-hydroxylation sites is 1. The number of benzene rings is 1. The van der Waals surface area contributed by atoms with Gasteiger partial charge < -0.3 is 15.2 Å². The van der Waals surface area contributed by atoms with Crippen LogP contribution in [0.5, 0.6) is 5.75 Å². The van der Waals surface area contributed by atoms with Gasteiger partial charge in [-0.2, -0.15) is 0 Å². The molecule has 0 aliphatic heterocycles. The molecule has 0 atom stereocenters. The molecule has 0 saturated carbocycles. The van der Waals surface area contributed by atoms with E-state index in [2.05, 4.69) is 15.5 Å². The van der Waals surface area contributed by atoms with Crippen molar-refractivity contribution in [2.75, 3.05) is 13.7 Å². The highest BCUT2D eigenvalue weighted by Gasteiger charge is 2.07. The maximum Gasteiger partial charge on any atom is 0.396 e. The number of aromatic nitrogens is 1. The lowest BCUT2D eigenvalue weighted by atomic mass is 10.1.